The van der Waals surface area contributed by atoms with E-state index in [-0.39, 0.29) is 11.9 Å². The largest absolute Gasteiger partial charge is 0.345 e. The molecule has 0 saturated carbocycles. The number of carbonyl (C=O) groups excluding carboxylic acids is 1. The highest BCUT2D eigenvalue weighted by molar-refractivity contribution is 7.98. The minimum Gasteiger partial charge on any atom is -0.345 e. The minimum absolute atomic E-state index is 0.0742. The fraction of sp³-hybridized carbons (Fsp3) is 0.136. The molecule has 0 radical (unpaired) electrons. The number of thioether (sulfide) groups is 1. The molecule has 1 atom stereocenters. The number of fused-ring (bicyclic) bond motifs is 1. The summed E-state index contributed by atoms with van der Waals surface area (Å²) in [6, 6.07) is 22.0. The van der Waals surface area contributed by atoms with E-state index >= 15 is 0 Å². The summed E-state index contributed by atoms with van der Waals surface area (Å²) in [4.78, 5) is 16.8. The fourth-order valence-corrected chi connectivity index (χ4v) is 3.89. The first-order valence-corrected chi connectivity index (χ1v) is 10.0. The predicted molar refractivity (Wildman–Crippen MR) is 112 cm³/mol. The first-order chi connectivity index (χ1) is 13.7. The highest BCUT2D eigenvalue weighted by atomic mass is 32.2. The van der Waals surface area contributed by atoms with Crippen LogP contribution in [-0.4, -0.2) is 21.1 Å². The lowest BCUT2D eigenvalue weighted by Crippen LogP contribution is -2.26. The average Bonchev–Trinajstić information content (AvgIpc) is 3.26. The number of carbonyl (C=O) groups is 1. The Hall–Kier alpha value is -3.12. The van der Waals surface area contributed by atoms with Gasteiger partial charge in [0.05, 0.1) is 6.04 Å². The Morgan fingerprint density at radius 2 is 1.86 bits per heavy atom. The Balaban J connectivity index is 1.42. The maximum atomic E-state index is 12.7. The molecule has 5 nitrogen and oxygen atoms in total. The minimum atomic E-state index is -0.0831. The quantitative estimate of drug-likeness (QED) is 0.468. The maximum Gasteiger partial charge on any atom is 0.251 e. The molecule has 0 spiro atoms. The van der Waals surface area contributed by atoms with E-state index in [4.69, 9.17) is 0 Å². The van der Waals surface area contributed by atoms with E-state index in [1.54, 1.807) is 11.8 Å². The molecule has 4 aromatic rings. The van der Waals surface area contributed by atoms with Crippen LogP contribution in [-0.2, 0) is 5.75 Å². The monoisotopic (exact) mass is 388 g/mol. The molecule has 3 aromatic carbocycles. The number of hydrogen-bond acceptors (Lipinski definition) is 4. The van der Waals surface area contributed by atoms with Crippen molar-refractivity contribution in [2.24, 2.45) is 0 Å². The topological polar surface area (TPSA) is 70.7 Å². The third-order valence-corrected chi connectivity index (χ3v) is 5.57. The van der Waals surface area contributed by atoms with E-state index in [9.17, 15) is 4.79 Å². The van der Waals surface area contributed by atoms with E-state index in [0.29, 0.717) is 5.56 Å². The van der Waals surface area contributed by atoms with Crippen LogP contribution in [0.25, 0.3) is 10.8 Å². The number of benzene rings is 3. The van der Waals surface area contributed by atoms with Crippen LogP contribution in [0.2, 0.25) is 0 Å². The summed E-state index contributed by atoms with van der Waals surface area (Å²) < 4.78 is 0. The second kappa shape index (κ2) is 8.27. The van der Waals surface area contributed by atoms with Crippen LogP contribution in [0.5, 0.6) is 0 Å². The predicted octanol–water partition coefficient (Wildman–Crippen LogP) is 4.74. The standard InChI is InChI=1S/C22H20N4OS/c1-15(19-8-4-6-17-5-2-3-7-20(17)19)25-21(27)18-11-9-16(10-12-18)13-28-22-23-14-24-26-22/h2-12,14-15H,13H2,1H3,(H,25,27)(H,23,24,26). The zero-order chi connectivity index (χ0) is 19.3. The first-order valence-electron chi connectivity index (χ1n) is 9.06. The molecule has 28 heavy (non-hydrogen) atoms. The van der Waals surface area contributed by atoms with E-state index in [0.717, 1.165) is 27.4 Å². The Kier molecular flexibility index (Phi) is 5.39. The number of nitrogens with zero attached hydrogens (tertiary/aromatic N) is 2. The molecule has 1 unspecified atom stereocenters. The highest BCUT2D eigenvalue weighted by Gasteiger charge is 2.13. The fourth-order valence-electron chi connectivity index (χ4n) is 3.15. The van der Waals surface area contributed by atoms with Crippen LogP contribution in [0.15, 0.2) is 78.2 Å². The van der Waals surface area contributed by atoms with Crippen LogP contribution in [0.1, 0.15) is 34.5 Å². The summed E-state index contributed by atoms with van der Waals surface area (Å²) in [7, 11) is 0. The number of aromatic nitrogens is 3. The van der Waals surface area contributed by atoms with E-state index < -0.39 is 0 Å². The summed E-state index contributed by atoms with van der Waals surface area (Å²) in [5, 5.41) is 12.9. The van der Waals surface area contributed by atoms with Gasteiger partial charge in [-0.1, -0.05) is 66.4 Å². The van der Waals surface area contributed by atoms with Gasteiger partial charge in [0.15, 0.2) is 5.16 Å². The Bertz CT molecular complexity index is 1070. The van der Waals surface area contributed by atoms with Crippen LogP contribution < -0.4 is 5.32 Å². The zero-order valence-electron chi connectivity index (χ0n) is 15.4. The van der Waals surface area contributed by atoms with Crippen molar-refractivity contribution in [1.29, 1.82) is 0 Å². The highest BCUT2D eigenvalue weighted by Crippen LogP contribution is 2.24. The lowest BCUT2D eigenvalue weighted by molar-refractivity contribution is 0.0940. The molecule has 0 aliphatic carbocycles. The van der Waals surface area contributed by atoms with Gasteiger partial charge in [0.25, 0.3) is 5.91 Å². The Labute approximate surface area is 167 Å². The van der Waals surface area contributed by atoms with E-state index in [1.165, 1.54) is 11.7 Å². The van der Waals surface area contributed by atoms with Gasteiger partial charge in [-0.25, -0.2) is 4.98 Å². The third-order valence-electron chi connectivity index (χ3n) is 4.62. The van der Waals surface area contributed by atoms with Gasteiger partial charge < -0.3 is 5.32 Å². The summed E-state index contributed by atoms with van der Waals surface area (Å²) in [6.07, 6.45) is 1.49. The SMILES string of the molecule is CC(NC(=O)c1ccc(CSc2ncn[nH]2)cc1)c1cccc2ccccc12. The molecule has 0 fully saturated rings. The van der Waals surface area contributed by atoms with E-state index in [2.05, 4.69) is 44.8 Å². The van der Waals surface area contributed by atoms with Gasteiger partial charge in [-0.3, -0.25) is 9.89 Å². The smallest absolute Gasteiger partial charge is 0.251 e. The zero-order valence-corrected chi connectivity index (χ0v) is 16.2. The molecule has 1 amide bonds. The molecule has 0 aliphatic heterocycles. The molecule has 6 heteroatoms. The van der Waals surface area contributed by atoms with Crippen LogP contribution in [0.3, 0.4) is 0 Å². The summed E-state index contributed by atoms with van der Waals surface area (Å²) in [5.41, 5.74) is 2.90. The van der Waals surface area contributed by atoms with Gasteiger partial charge >= 0.3 is 0 Å². The molecule has 0 aliphatic rings. The first kappa shape index (κ1) is 18.3. The molecule has 140 valence electrons. The number of amides is 1. The average molecular weight is 388 g/mol. The molecule has 0 saturated heterocycles. The van der Waals surface area contributed by atoms with Gasteiger partial charge in [0.1, 0.15) is 6.33 Å². The summed E-state index contributed by atoms with van der Waals surface area (Å²) in [5.74, 6) is 0.693. The van der Waals surface area contributed by atoms with Crippen molar-refractivity contribution in [3.63, 3.8) is 0 Å². The summed E-state index contributed by atoms with van der Waals surface area (Å²) >= 11 is 1.57. The van der Waals surface area contributed by atoms with E-state index in [1.807, 2.05) is 49.4 Å². The van der Waals surface area contributed by atoms with Gasteiger partial charge in [-0.15, -0.1) is 0 Å². The van der Waals surface area contributed by atoms with Crippen molar-refractivity contribution in [2.75, 3.05) is 0 Å². The molecular weight excluding hydrogens is 368 g/mol. The van der Waals surface area contributed by atoms with Crippen molar-refractivity contribution < 1.29 is 4.79 Å². The molecule has 1 heterocycles. The number of nitrogens with one attached hydrogen (secondary N) is 2. The van der Waals surface area contributed by atoms with Crippen molar-refractivity contribution in [2.45, 2.75) is 23.9 Å². The van der Waals surface area contributed by atoms with Crippen molar-refractivity contribution in [3.05, 3.63) is 89.7 Å². The second-order valence-corrected chi connectivity index (χ2v) is 7.50. The van der Waals surface area contributed by atoms with Crippen molar-refractivity contribution >= 4 is 28.4 Å². The lowest BCUT2D eigenvalue weighted by atomic mass is 9.99. The van der Waals surface area contributed by atoms with Gasteiger partial charge in [-0.2, -0.15) is 5.10 Å². The second-order valence-electron chi connectivity index (χ2n) is 6.54. The molecular formula is C22H20N4OS. The van der Waals surface area contributed by atoms with Gasteiger partial charge in [-0.05, 0) is 41.0 Å². The molecule has 2 N–H and O–H groups in total. The normalized spacial score (nSPS) is 12.0. The molecule has 0 bridgehead atoms. The lowest BCUT2D eigenvalue weighted by Gasteiger charge is -2.17. The van der Waals surface area contributed by atoms with Gasteiger partial charge in [0, 0.05) is 11.3 Å². The number of rotatable bonds is 6. The Morgan fingerprint density at radius 1 is 1.07 bits per heavy atom. The number of aromatic amines is 1. The third kappa shape index (κ3) is 4.07. The summed E-state index contributed by atoms with van der Waals surface area (Å²) in [6.45, 7) is 2.02. The maximum absolute atomic E-state index is 12.7. The van der Waals surface area contributed by atoms with Crippen LogP contribution in [0, 0.1) is 0 Å². The van der Waals surface area contributed by atoms with Crippen LogP contribution >= 0.6 is 11.8 Å². The number of H-pyrrole nitrogens is 1. The number of hydrogen-bond donors (Lipinski definition) is 2. The molecule has 4 rings (SSSR count). The van der Waals surface area contributed by atoms with Crippen molar-refractivity contribution in [1.82, 2.24) is 20.5 Å². The van der Waals surface area contributed by atoms with Crippen molar-refractivity contribution in [3.8, 4) is 0 Å². The Morgan fingerprint density at radius 3 is 2.64 bits per heavy atom. The molecule has 1 aromatic heterocycles. The van der Waals surface area contributed by atoms with Crippen LogP contribution in [0.4, 0.5) is 0 Å². The van der Waals surface area contributed by atoms with Gasteiger partial charge in [0.2, 0.25) is 0 Å².